The number of rotatable bonds is 3. The Morgan fingerprint density at radius 3 is 2.64 bits per heavy atom. The lowest BCUT2D eigenvalue weighted by Gasteiger charge is -2.39. The van der Waals surface area contributed by atoms with Crippen LogP contribution >= 0.6 is 0 Å². The number of pyridine rings is 1. The number of carbonyl (C=O) groups is 1. The Hall–Kier alpha value is -2.64. The van der Waals surface area contributed by atoms with E-state index in [4.69, 9.17) is 9.47 Å². The maximum absolute atomic E-state index is 14.1. The number of methoxy groups -OCH3 is 1. The van der Waals surface area contributed by atoms with Crippen molar-refractivity contribution in [1.29, 1.82) is 0 Å². The highest BCUT2D eigenvalue weighted by Gasteiger charge is 2.39. The van der Waals surface area contributed by atoms with Crippen molar-refractivity contribution in [3.8, 4) is 0 Å². The first-order valence-corrected chi connectivity index (χ1v) is 12.1. The number of fused-ring (bicyclic) bond motifs is 2. The van der Waals surface area contributed by atoms with Gasteiger partial charge in [0, 0.05) is 43.6 Å². The minimum absolute atomic E-state index is 0.0143. The van der Waals surface area contributed by atoms with Crippen molar-refractivity contribution in [3.63, 3.8) is 0 Å². The zero-order valence-corrected chi connectivity index (χ0v) is 19.8. The molecule has 7 nitrogen and oxygen atoms in total. The summed E-state index contributed by atoms with van der Waals surface area (Å²) < 4.78 is 11.3. The van der Waals surface area contributed by atoms with Crippen molar-refractivity contribution in [2.24, 2.45) is 17.8 Å². The summed E-state index contributed by atoms with van der Waals surface area (Å²) in [5.41, 5.74) is 4.00. The van der Waals surface area contributed by atoms with Crippen molar-refractivity contribution in [1.82, 2.24) is 4.98 Å². The summed E-state index contributed by atoms with van der Waals surface area (Å²) >= 11 is 0. The minimum atomic E-state index is -0.0143. The highest BCUT2D eigenvalue weighted by atomic mass is 16.5. The third-order valence-corrected chi connectivity index (χ3v) is 7.44. The van der Waals surface area contributed by atoms with Crippen LogP contribution in [0, 0.1) is 17.8 Å². The second kappa shape index (κ2) is 9.31. The van der Waals surface area contributed by atoms with Gasteiger partial charge in [0.05, 0.1) is 37.2 Å². The molecule has 176 valence electrons. The number of aromatic nitrogens is 1. The molecular formula is C26H34N4O3. The highest BCUT2D eigenvalue weighted by Crippen LogP contribution is 2.41. The molecule has 4 atom stereocenters. The van der Waals surface area contributed by atoms with E-state index in [-0.39, 0.29) is 17.9 Å². The van der Waals surface area contributed by atoms with E-state index in [0.717, 1.165) is 67.6 Å². The minimum Gasteiger partial charge on any atom is -0.381 e. The zero-order chi connectivity index (χ0) is 22.9. The van der Waals surface area contributed by atoms with Crippen LogP contribution in [0.2, 0.25) is 0 Å². The van der Waals surface area contributed by atoms with Gasteiger partial charge in [-0.1, -0.05) is 19.9 Å². The summed E-state index contributed by atoms with van der Waals surface area (Å²) in [5.74, 6) is 1.71. The summed E-state index contributed by atoms with van der Waals surface area (Å²) in [7, 11) is 1.79. The largest absolute Gasteiger partial charge is 0.381 e. The van der Waals surface area contributed by atoms with Gasteiger partial charge < -0.3 is 24.6 Å². The Balaban J connectivity index is 1.51. The van der Waals surface area contributed by atoms with Gasteiger partial charge in [-0.2, -0.15) is 0 Å². The van der Waals surface area contributed by atoms with E-state index in [1.165, 1.54) is 0 Å². The first-order chi connectivity index (χ1) is 16.0. The molecule has 2 fully saturated rings. The molecule has 0 radical (unpaired) electrons. The van der Waals surface area contributed by atoms with Gasteiger partial charge in [0.25, 0.3) is 0 Å². The fraction of sp³-hybridized carbons (Fsp3) is 0.538. The number of ether oxygens (including phenoxy) is 2. The van der Waals surface area contributed by atoms with Gasteiger partial charge in [-0.25, -0.2) is 4.98 Å². The number of hydrogen-bond donors (Lipinski definition) is 1. The molecule has 0 spiro atoms. The zero-order valence-electron chi connectivity index (χ0n) is 19.8. The van der Waals surface area contributed by atoms with Crippen LogP contribution in [0.5, 0.6) is 0 Å². The van der Waals surface area contributed by atoms with Crippen molar-refractivity contribution in [2.75, 3.05) is 48.5 Å². The molecule has 33 heavy (non-hydrogen) atoms. The fourth-order valence-corrected chi connectivity index (χ4v) is 5.84. The van der Waals surface area contributed by atoms with Crippen LogP contribution in [0.1, 0.15) is 32.3 Å². The molecule has 3 heterocycles. The maximum atomic E-state index is 14.1. The average molecular weight is 451 g/mol. The molecule has 0 unspecified atom stereocenters. The number of morpholine rings is 1. The second-order valence-corrected chi connectivity index (χ2v) is 9.68. The lowest BCUT2D eigenvalue weighted by molar-refractivity contribution is -0.127. The normalized spacial score (nSPS) is 27.2. The predicted molar refractivity (Wildman–Crippen MR) is 130 cm³/mol. The number of hydrogen-bond acceptors (Lipinski definition) is 6. The Kier molecular flexibility index (Phi) is 6.25. The van der Waals surface area contributed by atoms with E-state index in [0.29, 0.717) is 18.4 Å². The molecule has 2 aromatic rings. The van der Waals surface area contributed by atoms with E-state index in [2.05, 4.69) is 53.3 Å². The van der Waals surface area contributed by atoms with Crippen LogP contribution in [0.25, 0.3) is 0 Å². The molecule has 2 aliphatic heterocycles. The Morgan fingerprint density at radius 1 is 1.15 bits per heavy atom. The molecule has 1 N–H and O–H groups in total. The van der Waals surface area contributed by atoms with Gasteiger partial charge in [0.2, 0.25) is 5.91 Å². The molecule has 1 saturated carbocycles. The lowest BCUT2D eigenvalue weighted by Crippen LogP contribution is -2.43. The molecular weight excluding hydrogens is 416 g/mol. The van der Waals surface area contributed by atoms with Crippen LogP contribution < -0.4 is 15.1 Å². The summed E-state index contributed by atoms with van der Waals surface area (Å²) in [4.78, 5) is 22.9. The molecule has 3 aliphatic rings. The molecule has 1 aromatic heterocycles. The summed E-state index contributed by atoms with van der Waals surface area (Å²) in [6.45, 7) is 8.10. The van der Waals surface area contributed by atoms with E-state index in [1.54, 1.807) is 13.3 Å². The summed E-state index contributed by atoms with van der Waals surface area (Å²) in [6.07, 6.45) is 3.71. The van der Waals surface area contributed by atoms with Gasteiger partial charge in [0.15, 0.2) is 0 Å². The van der Waals surface area contributed by atoms with E-state index in [9.17, 15) is 4.79 Å². The van der Waals surface area contributed by atoms with Crippen LogP contribution in [0.3, 0.4) is 0 Å². The van der Waals surface area contributed by atoms with Gasteiger partial charge in [-0.3, -0.25) is 4.79 Å². The van der Waals surface area contributed by atoms with E-state index < -0.39 is 0 Å². The van der Waals surface area contributed by atoms with Crippen molar-refractivity contribution < 1.29 is 14.3 Å². The van der Waals surface area contributed by atoms with E-state index >= 15 is 0 Å². The van der Waals surface area contributed by atoms with Gasteiger partial charge in [-0.05, 0) is 48.9 Å². The standard InChI is InChI=1S/C26H34N4O3/c1-17-13-20(14-18(2)24(17)32-3)26(31)30-16-19-5-4-8-27-25(19)28-22-7-6-21(15-23(22)30)29-9-11-33-12-10-29/h4-8,15,17-18,20,24H,9-14,16H2,1-3H3,(H,27,28)/t17-,18+,20+,24+. The molecule has 7 heteroatoms. The maximum Gasteiger partial charge on any atom is 0.230 e. The third-order valence-electron chi connectivity index (χ3n) is 7.44. The van der Waals surface area contributed by atoms with Gasteiger partial charge in [0.1, 0.15) is 5.82 Å². The molecule has 1 amide bonds. The number of anilines is 4. The third kappa shape index (κ3) is 4.32. The number of benzene rings is 1. The van der Waals surface area contributed by atoms with E-state index in [1.807, 2.05) is 11.0 Å². The first-order valence-electron chi connectivity index (χ1n) is 12.1. The summed E-state index contributed by atoms with van der Waals surface area (Å²) in [6, 6.07) is 10.4. The molecule has 5 rings (SSSR count). The van der Waals surface area contributed by atoms with Crippen LogP contribution in [-0.4, -0.2) is 50.4 Å². The van der Waals surface area contributed by atoms with Crippen LogP contribution in [0.15, 0.2) is 36.5 Å². The molecule has 1 aliphatic carbocycles. The Bertz CT molecular complexity index is 995. The SMILES string of the molecule is CO[C@H]1[C@H](C)C[C@H](C(=O)N2Cc3cccnc3Nc3ccc(N4CCOCC4)cc32)C[C@@H]1C. The number of nitrogens with one attached hydrogen (secondary N) is 1. The quantitative estimate of drug-likeness (QED) is 0.756. The van der Waals surface area contributed by atoms with Crippen molar-refractivity contribution in [2.45, 2.75) is 39.3 Å². The number of carbonyl (C=O) groups excluding carboxylic acids is 1. The summed E-state index contributed by atoms with van der Waals surface area (Å²) in [5, 5.41) is 3.49. The van der Waals surface area contributed by atoms with Gasteiger partial charge >= 0.3 is 0 Å². The Morgan fingerprint density at radius 2 is 1.91 bits per heavy atom. The first kappa shape index (κ1) is 22.2. The smallest absolute Gasteiger partial charge is 0.230 e. The van der Waals surface area contributed by atoms with Crippen molar-refractivity contribution in [3.05, 3.63) is 42.1 Å². The highest BCUT2D eigenvalue weighted by molar-refractivity contribution is 6.00. The number of nitrogens with zero attached hydrogens (tertiary/aromatic N) is 3. The predicted octanol–water partition coefficient (Wildman–Crippen LogP) is 4.21. The van der Waals surface area contributed by atoms with Crippen LogP contribution in [-0.2, 0) is 20.8 Å². The average Bonchev–Trinajstić information content (AvgIpc) is 3.00. The van der Waals surface area contributed by atoms with Crippen molar-refractivity contribution >= 4 is 28.8 Å². The lowest BCUT2D eigenvalue weighted by atomic mass is 9.74. The second-order valence-electron chi connectivity index (χ2n) is 9.68. The topological polar surface area (TPSA) is 66.9 Å². The molecule has 1 saturated heterocycles. The molecule has 1 aromatic carbocycles. The monoisotopic (exact) mass is 450 g/mol. The fourth-order valence-electron chi connectivity index (χ4n) is 5.84. The van der Waals surface area contributed by atoms with Gasteiger partial charge in [-0.15, -0.1) is 0 Å². The number of amides is 1. The Labute approximate surface area is 196 Å². The van der Waals surface area contributed by atoms with Crippen LogP contribution in [0.4, 0.5) is 22.9 Å². The molecule has 0 bridgehead atoms.